The number of ether oxygens (including phenoxy) is 2. The lowest BCUT2D eigenvalue weighted by Crippen LogP contribution is -2.64. The van der Waals surface area contributed by atoms with Gasteiger partial charge in [0.1, 0.15) is 0 Å². The summed E-state index contributed by atoms with van der Waals surface area (Å²) in [6, 6.07) is 12.5. The second-order valence-corrected chi connectivity index (χ2v) is 7.50. The molecule has 1 spiro atoms. The molecule has 2 aliphatic rings. The summed E-state index contributed by atoms with van der Waals surface area (Å²) in [7, 11) is 1.64. The van der Waals surface area contributed by atoms with Crippen LogP contribution in [-0.2, 0) is 34.8 Å². The van der Waals surface area contributed by atoms with E-state index in [1.807, 2.05) is 25.1 Å². The number of aryl methyl sites for hydroxylation is 1. The largest absolute Gasteiger partial charge is 0.465 e. The second-order valence-electron chi connectivity index (χ2n) is 7.50. The van der Waals surface area contributed by atoms with E-state index in [2.05, 4.69) is 5.32 Å². The molecule has 0 radical (unpaired) electrons. The van der Waals surface area contributed by atoms with Crippen molar-refractivity contribution in [2.24, 2.45) is 0 Å². The number of rotatable bonds is 4. The van der Waals surface area contributed by atoms with Crippen molar-refractivity contribution < 1.29 is 23.9 Å². The number of esters is 2. The number of carbonyl (C=O) groups is 3. The van der Waals surface area contributed by atoms with Crippen molar-refractivity contribution in [3.63, 3.8) is 0 Å². The van der Waals surface area contributed by atoms with Crippen molar-refractivity contribution in [1.29, 1.82) is 0 Å². The summed E-state index contributed by atoms with van der Waals surface area (Å²) in [6.45, 7) is 5.35. The molecule has 0 unspecified atom stereocenters. The average Bonchev–Trinajstić information content (AvgIpc) is 3.15. The SMILES string of the molecule is CCOC(=O)C1(C(=O)OCC)c2ccccc2N[C@@]12C(=O)N(C)c1ccc(C)cc12. The van der Waals surface area contributed by atoms with Crippen LogP contribution in [-0.4, -0.2) is 38.1 Å². The minimum Gasteiger partial charge on any atom is -0.465 e. The molecule has 0 bridgehead atoms. The number of amides is 1. The predicted molar refractivity (Wildman–Crippen MR) is 111 cm³/mol. The first-order valence-electron chi connectivity index (χ1n) is 9.97. The van der Waals surface area contributed by atoms with Gasteiger partial charge in [0.15, 0.2) is 5.54 Å². The maximum atomic E-state index is 13.8. The van der Waals surface area contributed by atoms with Crippen molar-refractivity contribution >= 4 is 29.2 Å². The van der Waals surface area contributed by atoms with Crippen molar-refractivity contribution in [1.82, 2.24) is 0 Å². The molecule has 2 aromatic carbocycles. The summed E-state index contributed by atoms with van der Waals surface area (Å²) in [5.74, 6) is -2.03. The zero-order valence-electron chi connectivity index (χ0n) is 17.4. The van der Waals surface area contributed by atoms with Crippen LogP contribution in [0.25, 0.3) is 0 Å². The molecule has 2 aromatic rings. The summed E-state index contributed by atoms with van der Waals surface area (Å²) in [5, 5.41) is 3.25. The molecule has 30 heavy (non-hydrogen) atoms. The monoisotopic (exact) mass is 408 g/mol. The van der Waals surface area contributed by atoms with Gasteiger partial charge in [0.05, 0.1) is 13.2 Å². The van der Waals surface area contributed by atoms with Gasteiger partial charge >= 0.3 is 11.9 Å². The highest BCUT2D eigenvalue weighted by atomic mass is 16.6. The number of nitrogens with one attached hydrogen (secondary N) is 1. The van der Waals surface area contributed by atoms with Crippen LogP contribution in [0.5, 0.6) is 0 Å². The standard InChI is InChI=1S/C23H24N2O5/c1-5-29-20(27)22(21(28)30-6-2)15-9-7-8-10-17(15)24-23(22)16-13-14(3)11-12-18(16)25(4)19(23)26/h7-13,24H,5-6H2,1-4H3/t23-/m0/s1. The zero-order valence-corrected chi connectivity index (χ0v) is 17.4. The Hall–Kier alpha value is -3.35. The second kappa shape index (κ2) is 6.86. The van der Waals surface area contributed by atoms with E-state index in [1.165, 1.54) is 4.90 Å². The van der Waals surface area contributed by atoms with E-state index in [-0.39, 0.29) is 13.2 Å². The van der Waals surface area contributed by atoms with Crippen LogP contribution < -0.4 is 10.2 Å². The summed E-state index contributed by atoms with van der Waals surface area (Å²) in [6.07, 6.45) is 0. The van der Waals surface area contributed by atoms with Crippen LogP contribution in [0, 0.1) is 6.92 Å². The van der Waals surface area contributed by atoms with E-state index in [1.54, 1.807) is 45.2 Å². The van der Waals surface area contributed by atoms with Gasteiger partial charge in [0.25, 0.3) is 5.91 Å². The van der Waals surface area contributed by atoms with Gasteiger partial charge in [-0.15, -0.1) is 0 Å². The van der Waals surface area contributed by atoms with Crippen LogP contribution in [0.15, 0.2) is 42.5 Å². The van der Waals surface area contributed by atoms with Gasteiger partial charge in [-0.25, -0.2) is 0 Å². The molecule has 0 saturated heterocycles. The van der Waals surface area contributed by atoms with Gasteiger partial charge in [-0.2, -0.15) is 0 Å². The maximum Gasteiger partial charge on any atom is 0.331 e. The topological polar surface area (TPSA) is 84.9 Å². The van der Waals surface area contributed by atoms with Gasteiger partial charge in [-0.3, -0.25) is 14.4 Å². The number of likely N-dealkylation sites (N-methyl/N-ethyl adjacent to an activating group) is 1. The van der Waals surface area contributed by atoms with Crippen molar-refractivity contribution in [2.45, 2.75) is 31.7 Å². The van der Waals surface area contributed by atoms with Crippen LogP contribution in [0.4, 0.5) is 11.4 Å². The maximum absolute atomic E-state index is 13.8. The van der Waals surface area contributed by atoms with Gasteiger partial charge in [0, 0.05) is 29.5 Å². The van der Waals surface area contributed by atoms with E-state index in [0.29, 0.717) is 22.5 Å². The Labute approximate surface area is 175 Å². The smallest absolute Gasteiger partial charge is 0.331 e. The number of para-hydroxylation sites is 1. The van der Waals surface area contributed by atoms with Crippen molar-refractivity contribution in [2.75, 3.05) is 30.5 Å². The lowest BCUT2D eigenvalue weighted by Gasteiger charge is -2.38. The van der Waals surface area contributed by atoms with E-state index < -0.39 is 28.8 Å². The Morgan fingerprint density at radius 2 is 1.63 bits per heavy atom. The summed E-state index contributed by atoms with van der Waals surface area (Å²) in [4.78, 5) is 42.6. The van der Waals surface area contributed by atoms with Crippen LogP contribution >= 0.6 is 0 Å². The predicted octanol–water partition coefficient (Wildman–Crippen LogP) is 2.66. The highest BCUT2D eigenvalue weighted by molar-refractivity contribution is 6.23. The number of benzene rings is 2. The molecule has 0 saturated carbocycles. The van der Waals surface area contributed by atoms with Crippen molar-refractivity contribution in [3.05, 3.63) is 59.2 Å². The third-order valence-electron chi connectivity index (χ3n) is 5.92. The van der Waals surface area contributed by atoms with E-state index >= 15 is 0 Å². The summed E-state index contributed by atoms with van der Waals surface area (Å²) in [5.41, 5.74) is -0.745. The molecular formula is C23H24N2O5. The zero-order chi connectivity index (χ0) is 21.7. The third-order valence-corrected chi connectivity index (χ3v) is 5.92. The van der Waals surface area contributed by atoms with Gasteiger partial charge in [-0.05, 0) is 32.9 Å². The Kier molecular flexibility index (Phi) is 4.56. The normalized spacial score (nSPS) is 20.5. The Bertz CT molecular complexity index is 1050. The first-order valence-corrected chi connectivity index (χ1v) is 9.97. The highest BCUT2D eigenvalue weighted by Crippen LogP contribution is 2.59. The van der Waals surface area contributed by atoms with Gasteiger partial charge < -0.3 is 19.7 Å². The Morgan fingerprint density at radius 3 is 2.27 bits per heavy atom. The molecule has 156 valence electrons. The van der Waals surface area contributed by atoms with Crippen LogP contribution in [0.2, 0.25) is 0 Å². The first-order chi connectivity index (χ1) is 14.4. The van der Waals surface area contributed by atoms with Gasteiger partial charge in [0.2, 0.25) is 5.41 Å². The fourth-order valence-corrected chi connectivity index (χ4v) is 4.71. The number of nitrogens with zero attached hydrogens (tertiary/aromatic N) is 1. The molecule has 7 nitrogen and oxygen atoms in total. The molecule has 7 heteroatoms. The molecule has 0 aromatic heterocycles. The highest BCUT2D eigenvalue weighted by Gasteiger charge is 2.76. The number of hydrogen-bond donors (Lipinski definition) is 1. The lowest BCUT2D eigenvalue weighted by atomic mass is 9.64. The quantitative estimate of drug-likeness (QED) is 0.619. The fourth-order valence-electron chi connectivity index (χ4n) is 4.71. The first kappa shape index (κ1) is 19.9. The number of hydrogen-bond acceptors (Lipinski definition) is 6. The Balaban J connectivity index is 2.14. The number of anilines is 2. The summed E-state index contributed by atoms with van der Waals surface area (Å²) < 4.78 is 10.8. The third kappa shape index (κ3) is 2.23. The molecule has 4 rings (SSSR count). The average molecular weight is 408 g/mol. The van der Waals surface area contributed by atoms with Crippen LogP contribution in [0.3, 0.4) is 0 Å². The fraction of sp³-hybridized carbons (Fsp3) is 0.348. The molecular weight excluding hydrogens is 384 g/mol. The molecule has 2 heterocycles. The molecule has 2 aliphatic heterocycles. The van der Waals surface area contributed by atoms with Crippen molar-refractivity contribution in [3.8, 4) is 0 Å². The minimum atomic E-state index is -2.01. The number of carbonyl (C=O) groups excluding carboxylic acids is 3. The van der Waals surface area contributed by atoms with Gasteiger partial charge in [-0.1, -0.05) is 35.9 Å². The van der Waals surface area contributed by atoms with E-state index in [0.717, 1.165) is 5.56 Å². The molecule has 0 fully saturated rings. The molecule has 1 amide bonds. The van der Waals surface area contributed by atoms with E-state index in [9.17, 15) is 14.4 Å². The number of fused-ring (bicyclic) bond motifs is 3. The minimum absolute atomic E-state index is 0.0585. The molecule has 0 aliphatic carbocycles. The molecule has 1 N–H and O–H groups in total. The van der Waals surface area contributed by atoms with E-state index in [4.69, 9.17) is 9.47 Å². The molecule has 1 atom stereocenters. The summed E-state index contributed by atoms with van der Waals surface area (Å²) >= 11 is 0. The lowest BCUT2D eigenvalue weighted by molar-refractivity contribution is -0.170. The Morgan fingerprint density at radius 1 is 1.00 bits per heavy atom. The van der Waals surface area contributed by atoms with Crippen LogP contribution in [0.1, 0.15) is 30.5 Å².